The normalized spacial score (nSPS) is 15.8. The van der Waals surface area contributed by atoms with E-state index in [-0.39, 0.29) is 6.54 Å². The molecule has 0 aromatic heterocycles. The molecule has 0 fully saturated rings. The molecule has 1 unspecified atom stereocenters. The lowest BCUT2D eigenvalue weighted by Gasteiger charge is -2.23. The van der Waals surface area contributed by atoms with E-state index < -0.39 is 15.6 Å². The van der Waals surface area contributed by atoms with Gasteiger partial charge in [-0.2, -0.15) is 0 Å². The molecule has 6 heteroatoms. The smallest absolute Gasteiger partial charge is 0.208 e. The summed E-state index contributed by atoms with van der Waals surface area (Å²) in [5, 5.41) is 10.1. The molecule has 4 nitrogen and oxygen atoms in total. The first kappa shape index (κ1) is 13.6. The van der Waals surface area contributed by atoms with Gasteiger partial charge in [-0.15, -0.1) is 0 Å². The van der Waals surface area contributed by atoms with Crippen molar-refractivity contribution in [3.05, 3.63) is 34.3 Å². The monoisotopic (exact) mass is 307 g/mol. The van der Waals surface area contributed by atoms with E-state index in [0.29, 0.717) is 5.56 Å². The van der Waals surface area contributed by atoms with Crippen molar-refractivity contribution in [1.29, 1.82) is 0 Å². The molecule has 0 aliphatic carbocycles. The summed E-state index contributed by atoms with van der Waals surface area (Å²) in [5.74, 6) is 0. The Kier molecular flexibility index (Phi) is 4.12. The number of rotatable bonds is 4. The van der Waals surface area contributed by atoms with Crippen molar-refractivity contribution in [2.75, 3.05) is 12.8 Å². The molecule has 1 atom stereocenters. The fourth-order valence-corrected chi connectivity index (χ4v) is 1.99. The zero-order chi connectivity index (χ0) is 12.4. The molecule has 0 spiro atoms. The van der Waals surface area contributed by atoms with Gasteiger partial charge in [-0.25, -0.2) is 13.1 Å². The van der Waals surface area contributed by atoms with Gasteiger partial charge in [0.2, 0.25) is 10.0 Å². The van der Waals surface area contributed by atoms with Crippen LogP contribution in [-0.2, 0) is 15.6 Å². The summed E-state index contributed by atoms with van der Waals surface area (Å²) >= 11 is 3.29. The minimum Gasteiger partial charge on any atom is -0.384 e. The lowest BCUT2D eigenvalue weighted by Crippen LogP contribution is -2.38. The highest BCUT2D eigenvalue weighted by molar-refractivity contribution is 9.10. The Bertz CT molecular complexity index is 453. The van der Waals surface area contributed by atoms with Gasteiger partial charge in [0.15, 0.2) is 0 Å². The van der Waals surface area contributed by atoms with Gasteiger partial charge in [0, 0.05) is 11.0 Å². The third kappa shape index (κ3) is 4.21. The van der Waals surface area contributed by atoms with E-state index in [0.717, 1.165) is 10.7 Å². The van der Waals surface area contributed by atoms with E-state index in [2.05, 4.69) is 20.7 Å². The maximum atomic E-state index is 10.9. The molecule has 1 aromatic carbocycles. The lowest BCUT2D eigenvalue weighted by molar-refractivity contribution is 0.0628. The standard InChI is InChI=1S/C10H14BrNO3S/c1-10(13,7-12-16(2,14)15)8-3-5-9(11)6-4-8/h3-6,12-13H,7H2,1-2H3. The summed E-state index contributed by atoms with van der Waals surface area (Å²) in [7, 11) is -3.29. The molecule has 0 saturated carbocycles. The van der Waals surface area contributed by atoms with Crippen LogP contribution in [0.3, 0.4) is 0 Å². The number of nitrogens with one attached hydrogen (secondary N) is 1. The third-order valence-corrected chi connectivity index (χ3v) is 3.34. The number of benzene rings is 1. The van der Waals surface area contributed by atoms with Crippen molar-refractivity contribution in [2.24, 2.45) is 0 Å². The van der Waals surface area contributed by atoms with Crippen molar-refractivity contribution in [3.63, 3.8) is 0 Å². The summed E-state index contributed by atoms with van der Waals surface area (Å²) in [5.41, 5.74) is -0.559. The zero-order valence-electron chi connectivity index (χ0n) is 9.07. The molecular weight excluding hydrogens is 294 g/mol. The number of aliphatic hydroxyl groups is 1. The highest BCUT2D eigenvalue weighted by atomic mass is 79.9. The summed E-state index contributed by atoms with van der Waals surface area (Å²) in [6.07, 6.45) is 1.06. The average molecular weight is 308 g/mol. The molecule has 0 radical (unpaired) electrons. The molecule has 2 N–H and O–H groups in total. The molecule has 16 heavy (non-hydrogen) atoms. The second-order valence-electron chi connectivity index (χ2n) is 3.87. The van der Waals surface area contributed by atoms with Crippen LogP contribution >= 0.6 is 15.9 Å². The van der Waals surface area contributed by atoms with Gasteiger partial charge in [0.05, 0.1) is 6.26 Å². The van der Waals surface area contributed by atoms with Crippen molar-refractivity contribution in [1.82, 2.24) is 4.72 Å². The average Bonchev–Trinajstić information content (AvgIpc) is 2.15. The molecule has 0 amide bonds. The van der Waals surface area contributed by atoms with Crippen molar-refractivity contribution in [2.45, 2.75) is 12.5 Å². The summed E-state index contributed by atoms with van der Waals surface area (Å²) in [4.78, 5) is 0. The molecule has 1 rings (SSSR count). The first-order valence-corrected chi connectivity index (χ1v) is 7.32. The molecule has 1 aromatic rings. The molecule has 0 bridgehead atoms. The fraction of sp³-hybridized carbons (Fsp3) is 0.400. The Morgan fingerprint density at radius 3 is 2.31 bits per heavy atom. The van der Waals surface area contributed by atoms with Crippen molar-refractivity contribution >= 4 is 26.0 Å². The third-order valence-electron chi connectivity index (χ3n) is 2.14. The highest BCUT2D eigenvalue weighted by Gasteiger charge is 2.24. The topological polar surface area (TPSA) is 66.4 Å². The second-order valence-corrected chi connectivity index (χ2v) is 6.62. The summed E-state index contributed by atoms with van der Waals surface area (Å²) in [6, 6.07) is 7.08. The fourth-order valence-electron chi connectivity index (χ4n) is 1.18. The minimum atomic E-state index is -3.29. The maximum absolute atomic E-state index is 10.9. The zero-order valence-corrected chi connectivity index (χ0v) is 11.5. The van der Waals surface area contributed by atoms with Crippen LogP contribution in [0.1, 0.15) is 12.5 Å². The van der Waals surface area contributed by atoms with E-state index in [1.165, 1.54) is 0 Å². The number of hydrogen-bond acceptors (Lipinski definition) is 3. The molecule has 0 saturated heterocycles. The Hall–Kier alpha value is -0.430. The lowest BCUT2D eigenvalue weighted by atomic mass is 9.97. The van der Waals surface area contributed by atoms with E-state index >= 15 is 0 Å². The van der Waals surface area contributed by atoms with Gasteiger partial charge in [-0.3, -0.25) is 0 Å². The Morgan fingerprint density at radius 2 is 1.88 bits per heavy atom. The van der Waals surface area contributed by atoms with Crippen LogP contribution in [-0.4, -0.2) is 26.3 Å². The molecule has 0 aliphatic rings. The SMILES string of the molecule is CC(O)(CNS(C)(=O)=O)c1ccc(Br)cc1. The van der Waals surface area contributed by atoms with Crippen LogP contribution in [0.25, 0.3) is 0 Å². The second kappa shape index (κ2) is 4.83. The van der Waals surface area contributed by atoms with Gasteiger partial charge >= 0.3 is 0 Å². The first-order chi connectivity index (χ1) is 7.21. The van der Waals surface area contributed by atoms with Gasteiger partial charge in [-0.1, -0.05) is 28.1 Å². The Balaban J connectivity index is 2.81. The van der Waals surface area contributed by atoms with Crippen molar-refractivity contribution in [3.8, 4) is 0 Å². The Morgan fingerprint density at radius 1 is 1.38 bits per heavy atom. The van der Waals surface area contributed by atoms with Crippen LogP contribution < -0.4 is 4.72 Å². The largest absolute Gasteiger partial charge is 0.384 e. The molecule has 0 heterocycles. The summed E-state index contributed by atoms with van der Waals surface area (Å²) in [6.45, 7) is 1.52. The first-order valence-electron chi connectivity index (χ1n) is 4.64. The van der Waals surface area contributed by atoms with Crippen molar-refractivity contribution < 1.29 is 13.5 Å². The maximum Gasteiger partial charge on any atom is 0.208 e. The van der Waals surface area contributed by atoms with Gasteiger partial charge in [-0.05, 0) is 24.6 Å². The van der Waals surface area contributed by atoms with Gasteiger partial charge < -0.3 is 5.11 Å². The van der Waals surface area contributed by atoms with E-state index in [1.807, 2.05) is 0 Å². The van der Waals surface area contributed by atoms with Crippen LogP contribution in [0.15, 0.2) is 28.7 Å². The predicted octanol–water partition coefficient (Wildman–Crippen LogP) is 1.21. The summed E-state index contributed by atoms with van der Waals surface area (Å²) < 4.78 is 25.1. The van der Waals surface area contributed by atoms with Crippen LogP contribution in [0.2, 0.25) is 0 Å². The van der Waals surface area contributed by atoms with Crippen LogP contribution in [0.5, 0.6) is 0 Å². The number of halogens is 1. The quantitative estimate of drug-likeness (QED) is 0.878. The minimum absolute atomic E-state index is 0.0481. The molecular formula is C10H14BrNO3S. The van der Waals surface area contributed by atoms with E-state index in [4.69, 9.17) is 0 Å². The molecule has 90 valence electrons. The van der Waals surface area contributed by atoms with Crippen LogP contribution in [0.4, 0.5) is 0 Å². The van der Waals surface area contributed by atoms with Gasteiger partial charge in [0.1, 0.15) is 5.60 Å². The highest BCUT2D eigenvalue weighted by Crippen LogP contribution is 2.21. The van der Waals surface area contributed by atoms with E-state index in [9.17, 15) is 13.5 Å². The van der Waals surface area contributed by atoms with E-state index in [1.54, 1.807) is 31.2 Å². The Labute approximate surface area is 104 Å². The molecule has 0 aliphatic heterocycles. The van der Waals surface area contributed by atoms with Gasteiger partial charge in [0.25, 0.3) is 0 Å². The predicted molar refractivity (Wildman–Crippen MR) is 66.6 cm³/mol. The number of sulfonamides is 1. The number of hydrogen-bond donors (Lipinski definition) is 2. The van der Waals surface area contributed by atoms with Crippen LogP contribution in [0, 0.1) is 0 Å².